The number of rotatable bonds is 6. The number of nitrogens with zero attached hydrogens (tertiary/aromatic N) is 2. The zero-order valence-corrected chi connectivity index (χ0v) is 13.7. The second kappa shape index (κ2) is 6.89. The first-order chi connectivity index (χ1) is 9.98. The van der Waals surface area contributed by atoms with Crippen LogP contribution in [0, 0.1) is 0 Å². The highest BCUT2D eigenvalue weighted by Gasteiger charge is 2.34. The van der Waals surface area contributed by atoms with E-state index in [1.165, 1.54) is 6.20 Å². The number of H-pyrrole nitrogens is 1. The maximum atomic E-state index is 12.9. The van der Waals surface area contributed by atoms with Gasteiger partial charge in [0.15, 0.2) is 5.03 Å². The Morgan fingerprint density at radius 2 is 2.00 bits per heavy atom. The standard InChI is InChI=1S/C14H26N4O2S/c1-3-9-18(12-7-5-11(15)6-8-12)21(19,20)14-10-16-13(4-2)17-14/h10-12H,3-9,15H2,1-2H3,(H,16,17). The van der Waals surface area contributed by atoms with Crippen LogP contribution in [0.25, 0.3) is 0 Å². The van der Waals surface area contributed by atoms with Gasteiger partial charge in [-0.25, -0.2) is 13.4 Å². The van der Waals surface area contributed by atoms with E-state index in [0.717, 1.165) is 32.1 Å². The third-order valence-corrected chi connectivity index (χ3v) is 5.98. The molecule has 1 aromatic rings. The lowest BCUT2D eigenvalue weighted by atomic mass is 9.92. The Morgan fingerprint density at radius 3 is 2.52 bits per heavy atom. The molecular weight excluding hydrogens is 288 g/mol. The molecule has 0 bridgehead atoms. The largest absolute Gasteiger partial charge is 0.332 e. The molecule has 0 aliphatic heterocycles. The highest BCUT2D eigenvalue weighted by atomic mass is 32.2. The van der Waals surface area contributed by atoms with Gasteiger partial charge < -0.3 is 10.7 Å². The third kappa shape index (κ3) is 3.64. The number of aromatic amines is 1. The molecule has 2 rings (SSSR count). The molecule has 0 radical (unpaired) electrons. The molecule has 7 heteroatoms. The number of hydrogen-bond acceptors (Lipinski definition) is 4. The number of hydrogen-bond donors (Lipinski definition) is 2. The molecule has 1 saturated carbocycles. The van der Waals surface area contributed by atoms with E-state index in [1.54, 1.807) is 4.31 Å². The molecule has 0 saturated heterocycles. The van der Waals surface area contributed by atoms with Gasteiger partial charge in [-0.05, 0) is 32.1 Å². The smallest absolute Gasteiger partial charge is 0.260 e. The lowest BCUT2D eigenvalue weighted by molar-refractivity contribution is 0.240. The van der Waals surface area contributed by atoms with Gasteiger partial charge in [0.2, 0.25) is 0 Å². The predicted molar refractivity (Wildman–Crippen MR) is 82.4 cm³/mol. The summed E-state index contributed by atoms with van der Waals surface area (Å²) in [5, 5.41) is 0.211. The highest BCUT2D eigenvalue weighted by molar-refractivity contribution is 7.89. The molecule has 0 spiro atoms. The molecule has 6 nitrogen and oxygen atoms in total. The summed E-state index contributed by atoms with van der Waals surface area (Å²) in [6.45, 7) is 4.49. The first kappa shape index (κ1) is 16.5. The van der Waals surface area contributed by atoms with Crippen molar-refractivity contribution in [3.63, 3.8) is 0 Å². The number of nitrogens with one attached hydrogen (secondary N) is 1. The van der Waals surface area contributed by atoms with Gasteiger partial charge in [0, 0.05) is 25.0 Å². The Labute approximate surface area is 127 Å². The summed E-state index contributed by atoms with van der Waals surface area (Å²) < 4.78 is 27.4. The molecule has 1 aromatic heterocycles. The molecule has 1 aliphatic rings. The van der Waals surface area contributed by atoms with E-state index in [-0.39, 0.29) is 17.1 Å². The Balaban J connectivity index is 2.23. The summed E-state index contributed by atoms with van der Waals surface area (Å²) in [7, 11) is -3.50. The summed E-state index contributed by atoms with van der Waals surface area (Å²) in [6.07, 6.45) is 6.40. The molecule has 120 valence electrons. The summed E-state index contributed by atoms with van der Waals surface area (Å²) in [6, 6.07) is 0.273. The Bertz CT molecular complexity index is 547. The van der Waals surface area contributed by atoms with Crippen LogP contribution in [0.1, 0.15) is 51.8 Å². The van der Waals surface area contributed by atoms with Gasteiger partial charge in [0.1, 0.15) is 5.82 Å². The highest BCUT2D eigenvalue weighted by Crippen LogP contribution is 2.27. The quantitative estimate of drug-likeness (QED) is 0.835. The van der Waals surface area contributed by atoms with E-state index in [4.69, 9.17) is 5.73 Å². The SMILES string of the molecule is CCCN(C1CCC(N)CC1)S(=O)(=O)c1cnc(CC)[nH]1. The Kier molecular flexibility index (Phi) is 5.40. The van der Waals surface area contributed by atoms with Gasteiger partial charge in [0.05, 0.1) is 6.20 Å². The summed E-state index contributed by atoms with van der Waals surface area (Å²) in [5.41, 5.74) is 5.93. The average molecular weight is 314 g/mol. The van der Waals surface area contributed by atoms with Crippen molar-refractivity contribution in [2.75, 3.05) is 6.54 Å². The van der Waals surface area contributed by atoms with E-state index in [2.05, 4.69) is 9.97 Å². The predicted octanol–water partition coefficient (Wildman–Crippen LogP) is 1.64. The summed E-state index contributed by atoms with van der Waals surface area (Å²) in [5.74, 6) is 0.704. The van der Waals surface area contributed by atoms with Gasteiger partial charge in [-0.2, -0.15) is 4.31 Å². The van der Waals surface area contributed by atoms with Crippen molar-refractivity contribution in [1.82, 2.24) is 14.3 Å². The first-order valence-corrected chi connectivity index (χ1v) is 9.24. The van der Waals surface area contributed by atoms with Crippen LogP contribution in [-0.4, -0.2) is 41.3 Å². The molecule has 3 N–H and O–H groups in total. The van der Waals surface area contributed by atoms with Crippen LogP contribution < -0.4 is 5.73 Å². The average Bonchev–Trinajstić information content (AvgIpc) is 2.95. The van der Waals surface area contributed by atoms with Crippen LogP contribution >= 0.6 is 0 Å². The lowest BCUT2D eigenvalue weighted by Gasteiger charge is -2.34. The fourth-order valence-electron chi connectivity index (χ4n) is 2.89. The summed E-state index contributed by atoms with van der Waals surface area (Å²) >= 11 is 0. The van der Waals surface area contributed by atoms with Gasteiger partial charge in [-0.3, -0.25) is 0 Å². The van der Waals surface area contributed by atoms with Crippen molar-refractivity contribution in [1.29, 1.82) is 0 Å². The van der Waals surface area contributed by atoms with Crippen molar-refractivity contribution < 1.29 is 8.42 Å². The zero-order chi connectivity index (χ0) is 15.5. The van der Waals surface area contributed by atoms with E-state index in [1.807, 2.05) is 13.8 Å². The second-order valence-electron chi connectivity index (χ2n) is 5.73. The van der Waals surface area contributed by atoms with E-state index < -0.39 is 10.0 Å². The van der Waals surface area contributed by atoms with Gasteiger partial charge in [-0.15, -0.1) is 0 Å². The van der Waals surface area contributed by atoms with Crippen LogP contribution in [0.4, 0.5) is 0 Å². The number of aromatic nitrogens is 2. The number of aryl methyl sites for hydroxylation is 1. The van der Waals surface area contributed by atoms with E-state index in [0.29, 0.717) is 18.8 Å². The minimum atomic E-state index is -3.50. The molecule has 0 unspecified atom stereocenters. The fraction of sp³-hybridized carbons (Fsp3) is 0.786. The number of sulfonamides is 1. The van der Waals surface area contributed by atoms with Crippen LogP contribution in [-0.2, 0) is 16.4 Å². The van der Waals surface area contributed by atoms with Gasteiger partial charge >= 0.3 is 0 Å². The molecule has 0 aromatic carbocycles. The monoisotopic (exact) mass is 314 g/mol. The maximum Gasteiger partial charge on any atom is 0.260 e. The molecule has 21 heavy (non-hydrogen) atoms. The van der Waals surface area contributed by atoms with E-state index in [9.17, 15) is 8.42 Å². The minimum absolute atomic E-state index is 0.0585. The molecule has 1 aliphatic carbocycles. The Hall–Kier alpha value is -0.920. The topological polar surface area (TPSA) is 92.1 Å². The molecule has 1 heterocycles. The fourth-order valence-corrected chi connectivity index (χ4v) is 4.60. The molecule has 0 amide bonds. The third-order valence-electron chi connectivity index (χ3n) is 4.12. The van der Waals surface area contributed by atoms with Crippen LogP contribution in [0.15, 0.2) is 11.2 Å². The van der Waals surface area contributed by atoms with Crippen molar-refractivity contribution >= 4 is 10.0 Å². The van der Waals surface area contributed by atoms with Crippen LogP contribution in [0.5, 0.6) is 0 Å². The normalized spacial score (nSPS) is 23.6. The zero-order valence-electron chi connectivity index (χ0n) is 12.9. The second-order valence-corrected chi connectivity index (χ2v) is 7.59. The molecular formula is C14H26N4O2S. The van der Waals surface area contributed by atoms with Gasteiger partial charge in [0.25, 0.3) is 10.0 Å². The van der Waals surface area contributed by atoms with Gasteiger partial charge in [-0.1, -0.05) is 13.8 Å². The Morgan fingerprint density at radius 1 is 1.33 bits per heavy atom. The summed E-state index contributed by atoms with van der Waals surface area (Å²) in [4.78, 5) is 7.04. The maximum absolute atomic E-state index is 12.9. The van der Waals surface area contributed by atoms with Crippen molar-refractivity contribution in [3.8, 4) is 0 Å². The van der Waals surface area contributed by atoms with Crippen LogP contribution in [0.3, 0.4) is 0 Å². The lowest BCUT2D eigenvalue weighted by Crippen LogP contribution is -2.44. The number of imidazole rings is 1. The molecule has 0 atom stereocenters. The van der Waals surface area contributed by atoms with Crippen molar-refractivity contribution in [3.05, 3.63) is 12.0 Å². The van der Waals surface area contributed by atoms with Crippen molar-refractivity contribution in [2.45, 2.75) is 69.5 Å². The molecule has 1 fully saturated rings. The van der Waals surface area contributed by atoms with Crippen molar-refractivity contribution in [2.24, 2.45) is 5.73 Å². The van der Waals surface area contributed by atoms with Crippen LogP contribution in [0.2, 0.25) is 0 Å². The van der Waals surface area contributed by atoms with E-state index >= 15 is 0 Å². The number of nitrogens with two attached hydrogens (primary N) is 1. The first-order valence-electron chi connectivity index (χ1n) is 7.80. The minimum Gasteiger partial charge on any atom is -0.332 e.